The van der Waals surface area contributed by atoms with Gasteiger partial charge in [0.1, 0.15) is 0 Å². The molecule has 0 aliphatic carbocycles. The van der Waals surface area contributed by atoms with Crippen LogP contribution in [0.3, 0.4) is 0 Å². The lowest BCUT2D eigenvalue weighted by Crippen LogP contribution is -2.21. The van der Waals surface area contributed by atoms with E-state index in [2.05, 4.69) is 25.5 Å². The molecule has 0 saturated carbocycles. The van der Waals surface area contributed by atoms with E-state index in [-0.39, 0.29) is 10.7 Å². The molecule has 132 valence electrons. The molecule has 0 radical (unpaired) electrons. The van der Waals surface area contributed by atoms with Gasteiger partial charge in [0.25, 0.3) is 5.91 Å². The zero-order chi connectivity index (χ0) is 18.5. The van der Waals surface area contributed by atoms with Crippen molar-refractivity contribution in [1.29, 1.82) is 0 Å². The molecular weight excluding hydrogens is 374 g/mol. The number of nitrogens with zero attached hydrogens (tertiary/aromatic N) is 2. The third-order valence-electron chi connectivity index (χ3n) is 3.32. The van der Waals surface area contributed by atoms with Crippen molar-refractivity contribution < 1.29 is 9.59 Å². The van der Waals surface area contributed by atoms with Crippen molar-refractivity contribution in [3.8, 4) is 0 Å². The van der Waals surface area contributed by atoms with Gasteiger partial charge in [0.05, 0.1) is 0 Å². The van der Waals surface area contributed by atoms with Crippen LogP contribution in [0.15, 0.2) is 48.5 Å². The average molecular weight is 388 g/mol. The summed E-state index contributed by atoms with van der Waals surface area (Å²) in [6, 6.07) is 13.6. The van der Waals surface area contributed by atoms with Crippen LogP contribution in [0, 0.1) is 6.92 Å². The van der Waals surface area contributed by atoms with Gasteiger partial charge in [-0.2, -0.15) is 0 Å². The number of benzene rings is 2. The molecule has 1 heterocycles. The van der Waals surface area contributed by atoms with Gasteiger partial charge in [-0.3, -0.25) is 10.1 Å². The number of carbonyl (C=O) groups excluding carboxylic acids is 2. The van der Waals surface area contributed by atoms with Gasteiger partial charge in [-0.1, -0.05) is 39.9 Å². The predicted molar refractivity (Wildman–Crippen MR) is 103 cm³/mol. The van der Waals surface area contributed by atoms with E-state index in [4.69, 9.17) is 11.6 Å². The van der Waals surface area contributed by atoms with Gasteiger partial charge in [0, 0.05) is 27.9 Å². The van der Waals surface area contributed by atoms with Crippen LogP contribution in [0.2, 0.25) is 5.02 Å². The fraction of sp³-hybridized carbons (Fsp3) is 0.0588. The van der Waals surface area contributed by atoms with Gasteiger partial charge in [-0.05, 0) is 37.3 Å². The first-order valence-corrected chi connectivity index (χ1v) is 8.70. The minimum Gasteiger partial charge on any atom is -0.320 e. The molecule has 3 amide bonds. The standard InChI is InChI=1S/C17H14ClN5O2S/c1-10-5-7-12(8-6-10)20-17(25)21-16-14(22-23-26-16)15(24)19-13-4-2-3-11(18)9-13/h2-9H,1H3,(H,19,24)(H2,20,21,25). The third-order valence-corrected chi connectivity index (χ3v) is 4.20. The number of hydrogen-bond donors (Lipinski definition) is 3. The van der Waals surface area contributed by atoms with Crippen LogP contribution in [-0.4, -0.2) is 21.5 Å². The molecule has 3 N–H and O–H groups in total. The maximum atomic E-state index is 12.4. The lowest BCUT2D eigenvalue weighted by atomic mass is 10.2. The van der Waals surface area contributed by atoms with E-state index in [1.165, 1.54) is 0 Å². The van der Waals surface area contributed by atoms with E-state index in [0.717, 1.165) is 17.1 Å². The van der Waals surface area contributed by atoms with E-state index in [0.29, 0.717) is 16.4 Å². The summed E-state index contributed by atoms with van der Waals surface area (Å²) in [5.74, 6) is -0.494. The maximum absolute atomic E-state index is 12.4. The first kappa shape index (κ1) is 17.8. The fourth-order valence-electron chi connectivity index (χ4n) is 2.08. The molecule has 0 bridgehead atoms. The van der Waals surface area contributed by atoms with Gasteiger partial charge in [0.2, 0.25) is 0 Å². The Bertz CT molecular complexity index is 942. The third kappa shape index (κ3) is 4.56. The minimum atomic E-state index is -0.494. The number of aryl methyl sites for hydroxylation is 1. The molecule has 9 heteroatoms. The number of anilines is 3. The Morgan fingerprint density at radius 3 is 2.50 bits per heavy atom. The zero-order valence-corrected chi connectivity index (χ0v) is 15.2. The number of urea groups is 1. The summed E-state index contributed by atoms with van der Waals surface area (Å²) in [5.41, 5.74) is 2.26. The summed E-state index contributed by atoms with van der Waals surface area (Å²) in [5, 5.41) is 12.5. The number of hydrogen-bond acceptors (Lipinski definition) is 5. The number of carbonyl (C=O) groups is 2. The first-order valence-electron chi connectivity index (χ1n) is 7.55. The Morgan fingerprint density at radius 2 is 1.77 bits per heavy atom. The summed E-state index contributed by atoms with van der Waals surface area (Å²) in [6.07, 6.45) is 0. The Kier molecular flexibility index (Phi) is 5.45. The smallest absolute Gasteiger partial charge is 0.320 e. The molecule has 0 aliphatic rings. The molecule has 0 saturated heterocycles. The minimum absolute atomic E-state index is 0.0223. The highest BCUT2D eigenvalue weighted by Crippen LogP contribution is 2.21. The van der Waals surface area contributed by atoms with Crippen LogP contribution in [0.5, 0.6) is 0 Å². The van der Waals surface area contributed by atoms with Gasteiger partial charge < -0.3 is 10.6 Å². The second-order valence-corrected chi connectivity index (χ2v) is 6.55. The molecule has 2 aromatic carbocycles. The first-order chi connectivity index (χ1) is 12.5. The van der Waals surface area contributed by atoms with E-state index in [9.17, 15) is 9.59 Å². The molecule has 0 spiro atoms. The molecule has 7 nitrogen and oxygen atoms in total. The van der Waals surface area contributed by atoms with Crippen LogP contribution in [-0.2, 0) is 0 Å². The summed E-state index contributed by atoms with van der Waals surface area (Å²) in [6.45, 7) is 1.96. The second-order valence-electron chi connectivity index (χ2n) is 5.36. The number of aromatic nitrogens is 2. The summed E-state index contributed by atoms with van der Waals surface area (Å²) in [4.78, 5) is 24.5. The molecule has 3 rings (SSSR count). The fourth-order valence-corrected chi connectivity index (χ4v) is 2.83. The van der Waals surface area contributed by atoms with Crippen molar-refractivity contribution in [2.24, 2.45) is 0 Å². The number of rotatable bonds is 4. The van der Waals surface area contributed by atoms with Gasteiger partial charge in [-0.15, -0.1) is 5.10 Å². The van der Waals surface area contributed by atoms with Crippen molar-refractivity contribution in [1.82, 2.24) is 9.59 Å². The maximum Gasteiger partial charge on any atom is 0.324 e. The van der Waals surface area contributed by atoms with Crippen molar-refractivity contribution in [3.05, 3.63) is 64.8 Å². The second kappa shape index (κ2) is 7.94. The van der Waals surface area contributed by atoms with E-state index in [1.807, 2.05) is 19.1 Å². The van der Waals surface area contributed by atoms with E-state index in [1.54, 1.807) is 36.4 Å². The van der Waals surface area contributed by atoms with Crippen LogP contribution in [0.1, 0.15) is 16.1 Å². The highest BCUT2D eigenvalue weighted by Gasteiger charge is 2.18. The van der Waals surface area contributed by atoms with Crippen molar-refractivity contribution in [2.75, 3.05) is 16.0 Å². The SMILES string of the molecule is Cc1ccc(NC(=O)Nc2snnc2C(=O)Nc2cccc(Cl)c2)cc1. The molecule has 26 heavy (non-hydrogen) atoms. The van der Waals surface area contributed by atoms with Crippen LogP contribution < -0.4 is 16.0 Å². The lowest BCUT2D eigenvalue weighted by Gasteiger charge is -2.08. The molecule has 0 aliphatic heterocycles. The van der Waals surface area contributed by atoms with Crippen LogP contribution in [0.25, 0.3) is 0 Å². The predicted octanol–water partition coefficient (Wildman–Crippen LogP) is 4.40. The molecule has 3 aromatic rings. The Balaban J connectivity index is 1.66. The molecule has 0 fully saturated rings. The van der Waals surface area contributed by atoms with Crippen LogP contribution in [0.4, 0.5) is 21.2 Å². The van der Waals surface area contributed by atoms with Gasteiger partial charge >= 0.3 is 6.03 Å². The Hall–Kier alpha value is -2.97. The monoisotopic (exact) mass is 387 g/mol. The summed E-state index contributed by atoms with van der Waals surface area (Å²) < 4.78 is 3.74. The zero-order valence-electron chi connectivity index (χ0n) is 13.6. The molecule has 1 aromatic heterocycles. The quantitative estimate of drug-likeness (QED) is 0.618. The molecule has 0 unspecified atom stereocenters. The average Bonchev–Trinajstić information content (AvgIpc) is 3.05. The van der Waals surface area contributed by atoms with Crippen molar-refractivity contribution >= 4 is 51.4 Å². The largest absolute Gasteiger partial charge is 0.324 e. The Labute approximate surface area is 158 Å². The normalized spacial score (nSPS) is 10.2. The highest BCUT2D eigenvalue weighted by molar-refractivity contribution is 7.10. The molecule has 0 atom stereocenters. The molecular formula is C17H14ClN5O2S. The van der Waals surface area contributed by atoms with Crippen LogP contribution >= 0.6 is 23.1 Å². The lowest BCUT2D eigenvalue weighted by molar-refractivity contribution is 0.102. The number of amides is 3. The summed E-state index contributed by atoms with van der Waals surface area (Å²) in [7, 11) is 0. The number of nitrogens with one attached hydrogen (secondary N) is 3. The van der Waals surface area contributed by atoms with Gasteiger partial charge in [0.15, 0.2) is 10.7 Å². The Morgan fingerprint density at radius 1 is 1.00 bits per heavy atom. The highest BCUT2D eigenvalue weighted by atomic mass is 35.5. The van der Waals surface area contributed by atoms with Gasteiger partial charge in [-0.25, -0.2) is 4.79 Å². The van der Waals surface area contributed by atoms with Crippen molar-refractivity contribution in [2.45, 2.75) is 6.92 Å². The number of halogens is 1. The summed E-state index contributed by atoms with van der Waals surface area (Å²) >= 11 is 6.81. The van der Waals surface area contributed by atoms with E-state index < -0.39 is 11.9 Å². The van der Waals surface area contributed by atoms with E-state index >= 15 is 0 Å². The van der Waals surface area contributed by atoms with Crippen molar-refractivity contribution in [3.63, 3.8) is 0 Å². The topological polar surface area (TPSA) is 96.0 Å².